The Morgan fingerprint density at radius 2 is 2.35 bits per heavy atom. The summed E-state index contributed by atoms with van der Waals surface area (Å²) in [6, 6.07) is 7.96. The van der Waals surface area contributed by atoms with Gasteiger partial charge in [0.2, 0.25) is 0 Å². The van der Waals surface area contributed by atoms with Crippen molar-refractivity contribution in [1.29, 1.82) is 5.26 Å². The van der Waals surface area contributed by atoms with Crippen LogP contribution in [0.1, 0.15) is 23.2 Å². The number of hydrogen-bond donors (Lipinski definition) is 0. The molecule has 1 heterocycles. The molecule has 1 aromatic carbocycles. The molecule has 4 heteroatoms. The highest BCUT2D eigenvalue weighted by atomic mass is 16.5. The Kier molecular flexibility index (Phi) is 4.56. The maximum absolute atomic E-state index is 9.30. The van der Waals surface area contributed by atoms with Crippen LogP contribution in [0.3, 0.4) is 0 Å². The highest BCUT2D eigenvalue weighted by Crippen LogP contribution is 2.23. The van der Waals surface area contributed by atoms with Crippen molar-refractivity contribution >= 4 is 5.57 Å². The van der Waals surface area contributed by atoms with Crippen LogP contribution in [0.5, 0.6) is 5.75 Å². The summed E-state index contributed by atoms with van der Waals surface area (Å²) in [5.41, 5.74) is 3.53. The number of nitrogens with zero attached hydrogens (tertiary/aromatic N) is 2. The van der Waals surface area contributed by atoms with Crippen molar-refractivity contribution in [3.8, 4) is 11.8 Å². The lowest BCUT2D eigenvalue weighted by Gasteiger charge is -2.07. The zero-order chi connectivity index (χ0) is 14.4. The van der Waals surface area contributed by atoms with Crippen LogP contribution in [-0.2, 0) is 6.42 Å². The minimum Gasteiger partial charge on any atom is -0.497 e. The summed E-state index contributed by atoms with van der Waals surface area (Å²) in [6.45, 7) is 1.97. The zero-order valence-electron chi connectivity index (χ0n) is 11.6. The molecule has 0 bridgehead atoms. The molecule has 2 rings (SSSR count). The SMILES string of the molecule is COc1ccc(/C(C#N)=C/CCc2cocn2)c(C)c1. The largest absolute Gasteiger partial charge is 0.497 e. The molecule has 2 aromatic rings. The van der Waals surface area contributed by atoms with E-state index in [9.17, 15) is 5.26 Å². The van der Waals surface area contributed by atoms with Gasteiger partial charge in [-0.2, -0.15) is 5.26 Å². The van der Waals surface area contributed by atoms with Crippen LogP contribution in [0.15, 0.2) is 41.3 Å². The first-order valence-corrected chi connectivity index (χ1v) is 6.37. The number of hydrogen-bond acceptors (Lipinski definition) is 4. The maximum atomic E-state index is 9.30. The molecule has 1 aromatic heterocycles. The second kappa shape index (κ2) is 6.58. The maximum Gasteiger partial charge on any atom is 0.180 e. The number of rotatable bonds is 5. The van der Waals surface area contributed by atoms with Crippen LogP contribution in [0.2, 0.25) is 0 Å². The van der Waals surface area contributed by atoms with Gasteiger partial charge in [-0.05, 0) is 49.1 Å². The molecule has 0 atom stereocenters. The Morgan fingerprint density at radius 1 is 1.50 bits per heavy atom. The van der Waals surface area contributed by atoms with Gasteiger partial charge in [0.25, 0.3) is 0 Å². The molecule has 0 aliphatic carbocycles. The van der Waals surface area contributed by atoms with Crippen molar-refractivity contribution in [2.24, 2.45) is 0 Å². The molecular weight excluding hydrogens is 252 g/mol. The summed E-state index contributed by atoms with van der Waals surface area (Å²) in [6.07, 6.45) is 6.48. The number of nitriles is 1. The topological polar surface area (TPSA) is 59.0 Å². The molecule has 0 aliphatic rings. The molecular formula is C16H16N2O2. The van der Waals surface area contributed by atoms with Crippen molar-refractivity contribution < 1.29 is 9.15 Å². The molecule has 0 radical (unpaired) electrons. The van der Waals surface area contributed by atoms with E-state index in [1.807, 2.05) is 31.2 Å². The van der Waals surface area contributed by atoms with Gasteiger partial charge in [-0.25, -0.2) is 4.98 Å². The van der Waals surface area contributed by atoms with Crippen molar-refractivity contribution in [3.05, 3.63) is 53.8 Å². The molecule has 0 aliphatic heterocycles. The molecule has 20 heavy (non-hydrogen) atoms. The third-order valence-electron chi connectivity index (χ3n) is 3.08. The predicted octanol–water partition coefficient (Wildman–Crippen LogP) is 3.53. The molecule has 0 unspecified atom stereocenters. The predicted molar refractivity (Wildman–Crippen MR) is 76.1 cm³/mol. The monoisotopic (exact) mass is 268 g/mol. The van der Waals surface area contributed by atoms with Gasteiger partial charge in [0.05, 0.1) is 24.4 Å². The minimum atomic E-state index is 0.675. The highest BCUT2D eigenvalue weighted by Gasteiger charge is 2.06. The van der Waals surface area contributed by atoms with Crippen LogP contribution in [0.25, 0.3) is 5.57 Å². The van der Waals surface area contributed by atoms with E-state index in [1.165, 1.54) is 6.39 Å². The summed E-state index contributed by atoms with van der Waals surface area (Å²) in [5.74, 6) is 0.797. The smallest absolute Gasteiger partial charge is 0.180 e. The summed E-state index contributed by atoms with van der Waals surface area (Å²) >= 11 is 0. The summed E-state index contributed by atoms with van der Waals surface area (Å²) in [4.78, 5) is 4.06. The Balaban J connectivity index is 2.13. The Morgan fingerprint density at radius 3 is 2.95 bits per heavy atom. The van der Waals surface area contributed by atoms with Gasteiger partial charge in [0.15, 0.2) is 6.39 Å². The van der Waals surface area contributed by atoms with Crippen LogP contribution in [0, 0.1) is 18.3 Å². The van der Waals surface area contributed by atoms with Gasteiger partial charge < -0.3 is 9.15 Å². The second-order valence-corrected chi connectivity index (χ2v) is 4.43. The van der Waals surface area contributed by atoms with Crippen LogP contribution >= 0.6 is 0 Å². The van der Waals surface area contributed by atoms with Crippen molar-refractivity contribution in [3.63, 3.8) is 0 Å². The van der Waals surface area contributed by atoms with Gasteiger partial charge in [-0.15, -0.1) is 0 Å². The van der Waals surface area contributed by atoms with E-state index in [0.717, 1.165) is 35.4 Å². The van der Waals surface area contributed by atoms with E-state index in [4.69, 9.17) is 9.15 Å². The summed E-state index contributed by atoms with van der Waals surface area (Å²) in [5, 5.41) is 9.30. The molecule has 0 spiro atoms. The fourth-order valence-electron chi connectivity index (χ4n) is 2.01. The third kappa shape index (κ3) is 3.27. The molecule has 0 saturated heterocycles. The second-order valence-electron chi connectivity index (χ2n) is 4.43. The zero-order valence-corrected chi connectivity index (χ0v) is 11.6. The van der Waals surface area contributed by atoms with E-state index in [1.54, 1.807) is 13.4 Å². The fourth-order valence-corrected chi connectivity index (χ4v) is 2.01. The molecule has 0 fully saturated rings. The van der Waals surface area contributed by atoms with Crippen LogP contribution in [0.4, 0.5) is 0 Å². The lowest BCUT2D eigenvalue weighted by Crippen LogP contribution is -1.91. The number of benzene rings is 1. The van der Waals surface area contributed by atoms with Crippen molar-refractivity contribution in [2.45, 2.75) is 19.8 Å². The van der Waals surface area contributed by atoms with Gasteiger partial charge in [0, 0.05) is 0 Å². The summed E-state index contributed by atoms with van der Waals surface area (Å²) in [7, 11) is 1.63. The van der Waals surface area contributed by atoms with Crippen molar-refractivity contribution in [2.75, 3.05) is 7.11 Å². The van der Waals surface area contributed by atoms with Crippen LogP contribution < -0.4 is 4.74 Å². The first-order valence-electron chi connectivity index (χ1n) is 6.37. The van der Waals surface area contributed by atoms with E-state index in [2.05, 4.69) is 11.1 Å². The lowest BCUT2D eigenvalue weighted by atomic mass is 10.00. The van der Waals surface area contributed by atoms with E-state index in [-0.39, 0.29) is 0 Å². The normalized spacial score (nSPS) is 11.2. The van der Waals surface area contributed by atoms with Gasteiger partial charge in [-0.3, -0.25) is 0 Å². The average molecular weight is 268 g/mol. The van der Waals surface area contributed by atoms with E-state index >= 15 is 0 Å². The van der Waals surface area contributed by atoms with Crippen molar-refractivity contribution in [1.82, 2.24) is 4.98 Å². The molecule has 102 valence electrons. The number of ether oxygens (including phenoxy) is 1. The van der Waals surface area contributed by atoms with Gasteiger partial charge >= 0.3 is 0 Å². The highest BCUT2D eigenvalue weighted by molar-refractivity contribution is 5.78. The number of methoxy groups -OCH3 is 1. The quantitative estimate of drug-likeness (QED) is 0.778. The first kappa shape index (κ1) is 13.9. The number of aromatic nitrogens is 1. The van der Waals surface area contributed by atoms with E-state index < -0.39 is 0 Å². The first-order chi connectivity index (χ1) is 9.74. The minimum absolute atomic E-state index is 0.675. The molecule has 4 nitrogen and oxygen atoms in total. The Bertz CT molecular complexity index is 637. The van der Waals surface area contributed by atoms with Crippen LogP contribution in [-0.4, -0.2) is 12.1 Å². The number of aryl methyl sites for hydroxylation is 2. The molecule has 0 amide bonds. The van der Waals surface area contributed by atoms with Gasteiger partial charge in [0.1, 0.15) is 12.0 Å². The van der Waals surface area contributed by atoms with Gasteiger partial charge in [-0.1, -0.05) is 6.08 Å². The lowest BCUT2D eigenvalue weighted by molar-refractivity contribution is 0.414. The number of allylic oxidation sites excluding steroid dienone is 2. The number of oxazole rings is 1. The average Bonchev–Trinajstić information content (AvgIpc) is 2.97. The Hall–Kier alpha value is -2.54. The third-order valence-corrected chi connectivity index (χ3v) is 3.08. The summed E-state index contributed by atoms with van der Waals surface area (Å²) < 4.78 is 10.1. The van der Waals surface area contributed by atoms with E-state index in [0.29, 0.717) is 5.57 Å². The molecule has 0 saturated carbocycles. The molecule has 0 N–H and O–H groups in total. The standard InChI is InChI=1S/C16H16N2O2/c1-12-8-15(19-2)6-7-16(12)13(9-17)4-3-5-14-10-20-11-18-14/h4,6-8,10-11H,3,5H2,1-2H3/b13-4+. The fraction of sp³-hybridized carbons (Fsp3) is 0.250. The Labute approximate surface area is 118 Å².